The van der Waals surface area contributed by atoms with Crippen LogP contribution in [0.5, 0.6) is 0 Å². The third-order valence-electron chi connectivity index (χ3n) is 0.639. The van der Waals surface area contributed by atoms with E-state index in [4.69, 9.17) is 5.16 Å². The molecule has 0 spiro atoms. The van der Waals surface area contributed by atoms with E-state index in [0.717, 1.165) is 6.16 Å². The van der Waals surface area contributed by atoms with Crippen molar-refractivity contribution in [2.75, 3.05) is 12.8 Å². The SMILES string of the molecule is CC(C)C[P+](C)=N. The fourth-order valence-corrected chi connectivity index (χ4v) is 1.64. The predicted octanol–water partition coefficient (Wildman–Crippen LogP) is 2.52. The van der Waals surface area contributed by atoms with Crippen molar-refractivity contribution in [1.82, 2.24) is 0 Å². The Bertz CT molecular complexity index is 68.5. The van der Waals surface area contributed by atoms with Crippen molar-refractivity contribution in [3.63, 3.8) is 0 Å². The van der Waals surface area contributed by atoms with Gasteiger partial charge in [-0.25, -0.2) is 0 Å². The first-order valence-corrected chi connectivity index (χ1v) is 4.52. The van der Waals surface area contributed by atoms with E-state index in [2.05, 4.69) is 13.8 Å². The summed E-state index contributed by atoms with van der Waals surface area (Å²) in [6.45, 7) is 6.32. The van der Waals surface area contributed by atoms with Crippen LogP contribution in [0, 0.1) is 11.1 Å². The minimum atomic E-state index is -0.390. The molecular formula is C5H13NP+. The molecule has 1 nitrogen and oxygen atoms in total. The molecule has 1 unspecified atom stereocenters. The summed E-state index contributed by atoms with van der Waals surface area (Å²) in [7, 11) is -0.390. The van der Waals surface area contributed by atoms with E-state index in [1.165, 1.54) is 0 Å². The molecule has 0 saturated carbocycles. The Hall–Kier alpha value is 0.100. The molecular weight excluding hydrogens is 105 g/mol. The highest BCUT2D eigenvalue weighted by atomic mass is 31.1. The zero-order chi connectivity index (χ0) is 5.86. The molecule has 0 bridgehead atoms. The predicted molar refractivity (Wildman–Crippen MR) is 35.3 cm³/mol. The van der Waals surface area contributed by atoms with E-state index < -0.39 is 0 Å². The Morgan fingerprint density at radius 1 is 1.57 bits per heavy atom. The fourth-order valence-electron chi connectivity index (χ4n) is 0.548. The summed E-state index contributed by atoms with van der Waals surface area (Å²) in [6, 6.07) is 0. The molecule has 0 radical (unpaired) electrons. The topological polar surface area (TPSA) is 23.9 Å². The van der Waals surface area contributed by atoms with Crippen LogP contribution in [-0.2, 0) is 0 Å². The van der Waals surface area contributed by atoms with Gasteiger partial charge >= 0.3 is 0 Å². The summed E-state index contributed by atoms with van der Waals surface area (Å²) in [5.74, 6) is 0.716. The van der Waals surface area contributed by atoms with Gasteiger partial charge in [-0.2, -0.15) is 0 Å². The first kappa shape index (κ1) is 7.10. The lowest BCUT2D eigenvalue weighted by Crippen LogP contribution is -1.87. The van der Waals surface area contributed by atoms with Crippen LogP contribution >= 0.6 is 7.71 Å². The lowest BCUT2D eigenvalue weighted by Gasteiger charge is -1.89. The Labute approximate surface area is 46.4 Å². The Kier molecular flexibility index (Phi) is 3.19. The molecule has 0 amide bonds. The Balaban J connectivity index is 3.13. The minimum Gasteiger partial charge on any atom is -0.125 e. The van der Waals surface area contributed by atoms with E-state index in [0.29, 0.717) is 5.92 Å². The summed E-state index contributed by atoms with van der Waals surface area (Å²) in [6.07, 6.45) is 1.09. The first-order chi connectivity index (χ1) is 3.13. The lowest BCUT2D eigenvalue weighted by molar-refractivity contribution is 0.746. The van der Waals surface area contributed by atoms with Crippen molar-refractivity contribution in [3.8, 4) is 0 Å². The van der Waals surface area contributed by atoms with Gasteiger partial charge in [-0.3, -0.25) is 0 Å². The summed E-state index contributed by atoms with van der Waals surface area (Å²) < 4.78 is 0. The molecule has 0 aliphatic rings. The number of nitrogens with one attached hydrogen (secondary N) is 1. The largest absolute Gasteiger partial charge is 0.193 e. The lowest BCUT2D eigenvalue weighted by atomic mass is 10.3. The van der Waals surface area contributed by atoms with E-state index in [-0.39, 0.29) is 7.71 Å². The average Bonchev–Trinajstić information content (AvgIpc) is 1.27. The van der Waals surface area contributed by atoms with Crippen molar-refractivity contribution in [3.05, 3.63) is 0 Å². The minimum absolute atomic E-state index is 0.390. The van der Waals surface area contributed by atoms with Crippen LogP contribution in [0.15, 0.2) is 0 Å². The van der Waals surface area contributed by atoms with Crippen molar-refractivity contribution in [2.45, 2.75) is 13.8 Å². The second kappa shape index (κ2) is 3.15. The molecule has 0 rings (SSSR count). The smallest absolute Gasteiger partial charge is 0.125 e. The molecule has 0 aromatic heterocycles. The van der Waals surface area contributed by atoms with Gasteiger partial charge in [0.2, 0.25) is 0 Å². The fraction of sp³-hybridized carbons (Fsp3) is 1.00. The molecule has 0 heterocycles. The van der Waals surface area contributed by atoms with Gasteiger partial charge in [-0.05, 0) is 5.92 Å². The van der Waals surface area contributed by atoms with Gasteiger partial charge in [0.05, 0.1) is 0 Å². The average molecular weight is 118 g/mol. The van der Waals surface area contributed by atoms with E-state index in [9.17, 15) is 0 Å². The van der Waals surface area contributed by atoms with Crippen molar-refractivity contribution >= 4 is 7.71 Å². The van der Waals surface area contributed by atoms with Gasteiger partial charge in [0.25, 0.3) is 0 Å². The molecule has 0 fully saturated rings. The summed E-state index contributed by atoms with van der Waals surface area (Å²) in [4.78, 5) is 0. The monoisotopic (exact) mass is 118 g/mol. The second-order valence-corrected chi connectivity index (χ2v) is 4.04. The van der Waals surface area contributed by atoms with Gasteiger partial charge in [-0.1, -0.05) is 13.8 Å². The van der Waals surface area contributed by atoms with Crippen molar-refractivity contribution in [1.29, 1.82) is 5.16 Å². The van der Waals surface area contributed by atoms with E-state index in [1.54, 1.807) is 0 Å². The highest BCUT2D eigenvalue weighted by Crippen LogP contribution is 2.18. The quantitative estimate of drug-likeness (QED) is 0.539. The third-order valence-corrected chi connectivity index (χ3v) is 1.92. The van der Waals surface area contributed by atoms with Crippen LogP contribution in [0.25, 0.3) is 0 Å². The van der Waals surface area contributed by atoms with Gasteiger partial charge in [0.1, 0.15) is 12.8 Å². The molecule has 2 heteroatoms. The second-order valence-electron chi connectivity index (χ2n) is 2.27. The third kappa shape index (κ3) is 6.10. The standard InChI is InChI=1S/C5H13NP/c1-5(2)4-7(3)6/h5-6H,4H2,1-3H3/q+1. The molecule has 0 aromatic rings. The van der Waals surface area contributed by atoms with Gasteiger partial charge in [-0.15, -0.1) is 5.16 Å². The normalized spacial score (nSPS) is 12.3. The molecule has 0 aromatic carbocycles. The van der Waals surface area contributed by atoms with Crippen molar-refractivity contribution < 1.29 is 0 Å². The molecule has 1 atom stereocenters. The maximum absolute atomic E-state index is 7.17. The van der Waals surface area contributed by atoms with Crippen LogP contribution in [0.2, 0.25) is 0 Å². The first-order valence-electron chi connectivity index (χ1n) is 2.55. The molecule has 7 heavy (non-hydrogen) atoms. The Morgan fingerprint density at radius 2 is 2.00 bits per heavy atom. The number of hydrogen-bond donors (Lipinski definition) is 1. The van der Waals surface area contributed by atoms with Crippen molar-refractivity contribution in [2.24, 2.45) is 5.92 Å². The van der Waals surface area contributed by atoms with E-state index >= 15 is 0 Å². The highest BCUT2D eigenvalue weighted by Gasteiger charge is 2.02. The van der Waals surface area contributed by atoms with Crippen LogP contribution in [0.3, 0.4) is 0 Å². The highest BCUT2D eigenvalue weighted by molar-refractivity contribution is 7.44. The van der Waals surface area contributed by atoms with Gasteiger partial charge in [0.15, 0.2) is 7.71 Å². The summed E-state index contributed by atoms with van der Waals surface area (Å²) in [5, 5.41) is 7.17. The maximum Gasteiger partial charge on any atom is 0.193 e. The van der Waals surface area contributed by atoms with Crippen LogP contribution in [-0.4, -0.2) is 12.8 Å². The van der Waals surface area contributed by atoms with Gasteiger partial charge < -0.3 is 0 Å². The number of hydrogen-bond acceptors (Lipinski definition) is 1. The zero-order valence-corrected chi connectivity index (χ0v) is 6.13. The summed E-state index contributed by atoms with van der Waals surface area (Å²) >= 11 is 0. The van der Waals surface area contributed by atoms with Crippen LogP contribution in [0.1, 0.15) is 13.8 Å². The molecule has 0 aliphatic heterocycles. The Morgan fingerprint density at radius 3 is 2.00 bits per heavy atom. The summed E-state index contributed by atoms with van der Waals surface area (Å²) in [5.41, 5.74) is 0. The van der Waals surface area contributed by atoms with E-state index in [1.807, 2.05) is 6.66 Å². The molecule has 0 aliphatic carbocycles. The molecule has 42 valence electrons. The number of rotatable bonds is 2. The van der Waals surface area contributed by atoms with Crippen LogP contribution in [0.4, 0.5) is 0 Å². The van der Waals surface area contributed by atoms with Crippen LogP contribution < -0.4 is 0 Å². The molecule has 1 N–H and O–H groups in total. The van der Waals surface area contributed by atoms with Gasteiger partial charge in [0, 0.05) is 0 Å². The maximum atomic E-state index is 7.17. The zero-order valence-electron chi connectivity index (χ0n) is 5.23. The molecule has 0 saturated heterocycles.